The van der Waals surface area contributed by atoms with Crippen molar-refractivity contribution in [3.05, 3.63) is 25.0 Å². The van der Waals surface area contributed by atoms with Crippen molar-refractivity contribution in [2.45, 2.75) is 36.7 Å². The molecule has 1 aliphatic rings. The van der Waals surface area contributed by atoms with Gasteiger partial charge in [-0.15, -0.1) is 6.58 Å². The number of nitrogens with one attached hydrogen (secondary N) is 1. The number of rotatable bonds is 9. The molecule has 0 amide bonds. The van der Waals surface area contributed by atoms with Crippen molar-refractivity contribution in [3.8, 4) is 0 Å². The summed E-state index contributed by atoms with van der Waals surface area (Å²) in [6.07, 6.45) is 8.06. The SMILES string of the molecule is C=CCN(C)S(=O)(=O)c1cnn(CCCNC2CC2)c1. The third-order valence-electron chi connectivity index (χ3n) is 3.28. The standard InChI is InChI=1S/C13H22N4O2S/c1-3-8-16(2)20(18,19)13-10-15-17(11-13)9-4-7-14-12-5-6-12/h3,10-12,14H,1,4-9H2,2H3. The van der Waals surface area contributed by atoms with Gasteiger partial charge in [-0.1, -0.05) is 6.08 Å². The van der Waals surface area contributed by atoms with Crippen LogP contribution in [0.5, 0.6) is 0 Å². The monoisotopic (exact) mass is 298 g/mol. The first kappa shape index (κ1) is 15.2. The van der Waals surface area contributed by atoms with E-state index in [0.717, 1.165) is 19.5 Å². The topological polar surface area (TPSA) is 67.2 Å². The normalized spacial score (nSPS) is 15.7. The van der Waals surface area contributed by atoms with Gasteiger partial charge in [-0.3, -0.25) is 4.68 Å². The lowest BCUT2D eigenvalue weighted by Gasteiger charge is -2.13. The molecule has 0 saturated heterocycles. The molecule has 0 bridgehead atoms. The number of sulfonamides is 1. The number of hydrogen-bond acceptors (Lipinski definition) is 4. The van der Waals surface area contributed by atoms with Crippen molar-refractivity contribution in [2.75, 3.05) is 20.1 Å². The second kappa shape index (κ2) is 6.51. The van der Waals surface area contributed by atoms with Crippen molar-refractivity contribution >= 4 is 10.0 Å². The van der Waals surface area contributed by atoms with E-state index >= 15 is 0 Å². The Balaban J connectivity index is 1.88. The molecular weight excluding hydrogens is 276 g/mol. The third-order valence-corrected chi connectivity index (χ3v) is 5.05. The second-order valence-electron chi connectivity index (χ2n) is 5.10. The first-order valence-electron chi connectivity index (χ1n) is 6.87. The van der Waals surface area contributed by atoms with E-state index in [0.29, 0.717) is 12.6 Å². The van der Waals surface area contributed by atoms with Gasteiger partial charge in [0.1, 0.15) is 4.90 Å². The maximum absolute atomic E-state index is 12.2. The smallest absolute Gasteiger partial charge is 0.246 e. The average Bonchev–Trinajstić information content (AvgIpc) is 3.11. The van der Waals surface area contributed by atoms with Gasteiger partial charge >= 0.3 is 0 Å². The molecule has 0 unspecified atom stereocenters. The van der Waals surface area contributed by atoms with Gasteiger partial charge in [-0.05, 0) is 25.8 Å². The quantitative estimate of drug-likeness (QED) is 0.542. The molecule has 0 atom stereocenters. The first-order valence-corrected chi connectivity index (χ1v) is 8.31. The Kier molecular flexibility index (Phi) is 4.95. The van der Waals surface area contributed by atoms with Gasteiger partial charge in [0.15, 0.2) is 0 Å². The van der Waals surface area contributed by atoms with Crippen LogP contribution in [-0.2, 0) is 16.6 Å². The van der Waals surface area contributed by atoms with E-state index < -0.39 is 10.0 Å². The minimum Gasteiger partial charge on any atom is -0.314 e. The number of aryl methyl sites for hydroxylation is 1. The Morgan fingerprint density at radius 3 is 3.00 bits per heavy atom. The van der Waals surface area contributed by atoms with Crippen LogP contribution in [0, 0.1) is 0 Å². The van der Waals surface area contributed by atoms with Gasteiger partial charge in [-0.2, -0.15) is 9.40 Å². The zero-order valence-electron chi connectivity index (χ0n) is 11.8. The van der Waals surface area contributed by atoms with E-state index in [2.05, 4.69) is 17.0 Å². The molecule has 1 aromatic heterocycles. The number of aromatic nitrogens is 2. The third kappa shape index (κ3) is 3.91. The molecule has 0 radical (unpaired) electrons. The molecule has 1 fully saturated rings. The fourth-order valence-corrected chi connectivity index (χ4v) is 2.99. The number of likely N-dealkylation sites (N-methyl/N-ethyl adjacent to an activating group) is 1. The van der Waals surface area contributed by atoms with E-state index in [9.17, 15) is 8.42 Å². The molecule has 1 heterocycles. The van der Waals surface area contributed by atoms with Gasteiger partial charge < -0.3 is 5.32 Å². The first-order chi connectivity index (χ1) is 9.54. The van der Waals surface area contributed by atoms with Crippen LogP contribution in [0.1, 0.15) is 19.3 Å². The molecule has 2 rings (SSSR count). The molecule has 1 N–H and O–H groups in total. The van der Waals surface area contributed by atoms with Crippen molar-refractivity contribution in [1.29, 1.82) is 0 Å². The summed E-state index contributed by atoms with van der Waals surface area (Å²) in [6, 6.07) is 0.705. The van der Waals surface area contributed by atoms with Crippen LogP contribution in [-0.4, -0.2) is 48.7 Å². The summed E-state index contributed by atoms with van der Waals surface area (Å²) >= 11 is 0. The minimum atomic E-state index is -3.45. The van der Waals surface area contributed by atoms with Crippen molar-refractivity contribution in [2.24, 2.45) is 0 Å². The minimum absolute atomic E-state index is 0.233. The van der Waals surface area contributed by atoms with Crippen LogP contribution in [0.15, 0.2) is 29.9 Å². The Hall–Kier alpha value is -1.18. The highest BCUT2D eigenvalue weighted by atomic mass is 32.2. The highest BCUT2D eigenvalue weighted by molar-refractivity contribution is 7.89. The molecule has 6 nitrogen and oxygen atoms in total. The van der Waals surface area contributed by atoms with Gasteiger partial charge in [0, 0.05) is 32.4 Å². The Morgan fingerprint density at radius 2 is 2.35 bits per heavy atom. The molecule has 0 aliphatic heterocycles. The Labute approximate surface area is 120 Å². The predicted molar refractivity (Wildman–Crippen MR) is 77.9 cm³/mol. The zero-order chi connectivity index (χ0) is 14.6. The van der Waals surface area contributed by atoms with E-state index in [4.69, 9.17) is 0 Å². The zero-order valence-corrected chi connectivity index (χ0v) is 12.6. The molecule has 1 aromatic rings. The van der Waals surface area contributed by atoms with E-state index in [1.54, 1.807) is 17.0 Å². The lowest BCUT2D eigenvalue weighted by molar-refractivity contribution is 0.498. The van der Waals surface area contributed by atoms with Crippen LogP contribution >= 0.6 is 0 Å². The number of hydrogen-bond donors (Lipinski definition) is 1. The van der Waals surface area contributed by atoms with Gasteiger partial charge in [0.25, 0.3) is 0 Å². The number of nitrogens with zero attached hydrogens (tertiary/aromatic N) is 3. The summed E-state index contributed by atoms with van der Waals surface area (Å²) < 4.78 is 27.3. The summed E-state index contributed by atoms with van der Waals surface area (Å²) in [7, 11) is -1.92. The molecule has 1 saturated carbocycles. The van der Waals surface area contributed by atoms with Crippen molar-refractivity contribution < 1.29 is 8.42 Å². The fourth-order valence-electron chi connectivity index (χ4n) is 1.89. The summed E-state index contributed by atoms with van der Waals surface area (Å²) in [5, 5.41) is 7.53. The molecule has 7 heteroatoms. The molecule has 0 aromatic carbocycles. The van der Waals surface area contributed by atoms with Gasteiger partial charge in [0.05, 0.1) is 6.20 Å². The maximum Gasteiger partial charge on any atom is 0.246 e. The molecule has 1 aliphatic carbocycles. The lowest BCUT2D eigenvalue weighted by Crippen LogP contribution is -2.26. The largest absolute Gasteiger partial charge is 0.314 e. The van der Waals surface area contributed by atoms with Crippen LogP contribution in [0.3, 0.4) is 0 Å². The fraction of sp³-hybridized carbons (Fsp3) is 0.615. The van der Waals surface area contributed by atoms with E-state index in [-0.39, 0.29) is 4.90 Å². The van der Waals surface area contributed by atoms with Crippen molar-refractivity contribution in [3.63, 3.8) is 0 Å². The highest BCUT2D eigenvalue weighted by Gasteiger charge is 2.22. The second-order valence-corrected chi connectivity index (χ2v) is 7.14. The van der Waals surface area contributed by atoms with Crippen LogP contribution in [0.4, 0.5) is 0 Å². The van der Waals surface area contributed by atoms with Crippen LogP contribution in [0.2, 0.25) is 0 Å². The lowest BCUT2D eigenvalue weighted by atomic mass is 10.4. The summed E-state index contributed by atoms with van der Waals surface area (Å²) in [5.41, 5.74) is 0. The van der Waals surface area contributed by atoms with Gasteiger partial charge in [-0.25, -0.2) is 8.42 Å². The Morgan fingerprint density at radius 1 is 1.60 bits per heavy atom. The van der Waals surface area contributed by atoms with E-state index in [1.807, 2.05) is 0 Å². The average molecular weight is 298 g/mol. The highest BCUT2D eigenvalue weighted by Crippen LogP contribution is 2.18. The van der Waals surface area contributed by atoms with E-state index in [1.165, 1.54) is 30.4 Å². The maximum atomic E-state index is 12.2. The molecular formula is C13H22N4O2S. The summed E-state index contributed by atoms with van der Waals surface area (Å²) in [6.45, 7) is 5.51. The molecule has 112 valence electrons. The summed E-state index contributed by atoms with van der Waals surface area (Å²) in [4.78, 5) is 0.233. The van der Waals surface area contributed by atoms with Crippen LogP contribution in [0.25, 0.3) is 0 Å². The van der Waals surface area contributed by atoms with Crippen LogP contribution < -0.4 is 5.32 Å². The van der Waals surface area contributed by atoms with Crippen molar-refractivity contribution in [1.82, 2.24) is 19.4 Å². The van der Waals surface area contributed by atoms with Gasteiger partial charge in [0.2, 0.25) is 10.0 Å². The molecule has 20 heavy (non-hydrogen) atoms. The summed E-state index contributed by atoms with van der Waals surface area (Å²) in [5.74, 6) is 0. The Bertz CT molecular complexity index is 548. The predicted octanol–water partition coefficient (Wildman–Crippen LogP) is 0.832. The molecule has 0 spiro atoms.